The summed E-state index contributed by atoms with van der Waals surface area (Å²) in [7, 11) is 1.35. The van der Waals surface area contributed by atoms with Crippen LogP contribution in [0.1, 0.15) is 47.4 Å². The molecule has 0 radical (unpaired) electrons. The number of piperidine rings is 1. The molecular formula is C16H19N3O4. The molecule has 2 aliphatic heterocycles. The maximum absolute atomic E-state index is 12.4. The molecule has 122 valence electrons. The van der Waals surface area contributed by atoms with Gasteiger partial charge in [-0.25, -0.2) is 0 Å². The number of amides is 4. The number of benzene rings is 1. The Balaban J connectivity index is 0.000000924. The third-order valence-corrected chi connectivity index (χ3v) is 3.91. The molecule has 1 aromatic rings. The van der Waals surface area contributed by atoms with Gasteiger partial charge in [0.15, 0.2) is 0 Å². The smallest absolute Gasteiger partial charge is 0.264 e. The zero-order valence-corrected chi connectivity index (χ0v) is 13.3. The Morgan fingerprint density at radius 2 is 1.74 bits per heavy atom. The molecule has 1 fully saturated rings. The summed E-state index contributed by atoms with van der Waals surface area (Å²) in [5.41, 5.74) is 6.30. The first-order valence-corrected chi connectivity index (χ1v) is 7.50. The summed E-state index contributed by atoms with van der Waals surface area (Å²) in [6.45, 7) is 4.00. The summed E-state index contributed by atoms with van der Waals surface area (Å²) in [5.74, 6) is -1.97. The molecule has 0 bridgehead atoms. The molecule has 7 heteroatoms. The van der Waals surface area contributed by atoms with E-state index in [0.29, 0.717) is 0 Å². The van der Waals surface area contributed by atoms with Gasteiger partial charge in [-0.2, -0.15) is 0 Å². The Labute approximate surface area is 134 Å². The number of carbonyl (C=O) groups excluding carboxylic acids is 4. The molecule has 1 saturated heterocycles. The van der Waals surface area contributed by atoms with Crippen molar-refractivity contribution in [2.75, 3.05) is 12.8 Å². The molecule has 0 spiro atoms. The summed E-state index contributed by atoms with van der Waals surface area (Å²) in [5, 5.41) is 0. The van der Waals surface area contributed by atoms with Crippen molar-refractivity contribution in [1.29, 1.82) is 0 Å². The molecule has 1 unspecified atom stereocenters. The van der Waals surface area contributed by atoms with Crippen molar-refractivity contribution in [2.24, 2.45) is 0 Å². The number of carbonyl (C=O) groups is 4. The number of nitrogen functional groups attached to an aromatic ring is 1. The third kappa shape index (κ3) is 2.48. The second-order valence-electron chi connectivity index (χ2n) is 5.10. The predicted molar refractivity (Wildman–Crippen MR) is 83.5 cm³/mol. The Morgan fingerprint density at radius 3 is 2.35 bits per heavy atom. The lowest BCUT2D eigenvalue weighted by molar-refractivity contribution is -0.149. The summed E-state index contributed by atoms with van der Waals surface area (Å²) in [6, 6.07) is 3.68. The maximum atomic E-state index is 12.4. The van der Waals surface area contributed by atoms with E-state index in [2.05, 4.69) is 0 Å². The van der Waals surface area contributed by atoms with Gasteiger partial charge in [-0.05, 0) is 18.6 Å². The first-order chi connectivity index (χ1) is 10.9. The zero-order valence-electron chi connectivity index (χ0n) is 13.3. The number of hydrogen-bond acceptors (Lipinski definition) is 5. The van der Waals surface area contributed by atoms with Crippen molar-refractivity contribution >= 4 is 29.3 Å². The highest BCUT2D eigenvalue weighted by Crippen LogP contribution is 2.31. The quantitative estimate of drug-likeness (QED) is 0.616. The van der Waals surface area contributed by atoms with Gasteiger partial charge in [0.25, 0.3) is 17.7 Å². The van der Waals surface area contributed by atoms with Crippen LogP contribution in [-0.4, -0.2) is 46.5 Å². The SMILES string of the molecule is CC.CN1C(=O)CCC(N2C(=O)c3cccc(N)c3C2=O)C1=O. The van der Waals surface area contributed by atoms with Crippen LogP contribution in [0.3, 0.4) is 0 Å². The summed E-state index contributed by atoms with van der Waals surface area (Å²) < 4.78 is 0. The van der Waals surface area contributed by atoms with Crippen molar-refractivity contribution in [3.63, 3.8) is 0 Å². The fraction of sp³-hybridized carbons (Fsp3) is 0.375. The largest absolute Gasteiger partial charge is 0.398 e. The number of anilines is 1. The van der Waals surface area contributed by atoms with Crippen molar-refractivity contribution in [1.82, 2.24) is 9.80 Å². The van der Waals surface area contributed by atoms with Crippen LogP contribution < -0.4 is 5.73 Å². The van der Waals surface area contributed by atoms with Gasteiger partial charge in [0.05, 0.1) is 11.1 Å². The Kier molecular flexibility index (Phi) is 4.49. The Morgan fingerprint density at radius 1 is 1.09 bits per heavy atom. The van der Waals surface area contributed by atoms with E-state index in [9.17, 15) is 19.2 Å². The minimum Gasteiger partial charge on any atom is -0.398 e. The Bertz CT molecular complexity index is 699. The normalized spacial score (nSPS) is 20.4. The van der Waals surface area contributed by atoms with Crippen molar-refractivity contribution < 1.29 is 19.2 Å². The van der Waals surface area contributed by atoms with Gasteiger partial charge in [0.1, 0.15) is 6.04 Å². The zero-order chi connectivity index (χ0) is 17.3. The van der Waals surface area contributed by atoms with Gasteiger partial charge in [-0.15, -0.1) is 0 Å². The first-order valence-electron chi connectivity index (χ1n) is 7.50. The molecule has 4 amide bonds. The average molecular weight is 317 g/mol. The third-order valence-electron chi connectivity index (χ3n) is 3.91. The highest BCUT2D eigenvalue weighted by atomic mass is 16.2. The minimum atomic E-state index is -0.945. The number of nitrogens with two attached hydrogens (primary N) is 1. The van der Waals surface area contributed by atoms with Gasteiger partial charge in [0, 0.05) is 19.2 Å². The molecule has 0 aliphatic carbocycles. The van der Waals surface area contributed by atoms with Gasteiger partial charge in [-0.1, -0.05) is 19.9 Å². The fourth-order valence-corrected chi connectivity index (χ4v) is 2.75. The summed E-state index contributed by atoms with van der Waals surface area (Å²) >= 11 is 0. The van der Waals surface area contributed by atoms with E-state index in [1.54, 1.807) is 6.07 Å². The lowest BCUT2D eigenvalue weighted by atomic mass is 10.0. The molecule has 7 nitrogen and oxygen atoms in total. The van der Waals surface area contributed by atoms with Gasteiger partial charge < -0.3 is 5.73 Å². The monoisotopic (exact) mass is 317 g/mol. The lowest BCUT2D eigenvalue weighted by Crippen LogP contribution is -2.54. The van der Waals surface area contributed by atoms with Crippen LogP contribution >= 0.6 is 0 Å². The number of hydrogen-bond donors (Lipinski definition) is 1. The van der Waals surface area contributed by atoms with E-state index in [4.69, 9.17) is 5.73 Å². The Hall–Kier alpha value is -2.70. The molecule has 0 saturated carbocycles. The summed E-state index contributed by atoms with van der Waals surface area (Å²) in [6.07, 6.45) is 0.267. The van der Waals surface area contributed by atoms with E-state index >= 15 is 0 Å². The molecule has 23 heavy (non-hydrogen) atoms. The van der Waals surface area contributed by atoms with E-state index in [1.165, 1.54) is 19.2 Å². The highest BCUT2D eigenvalue weighted by Gasteiger charge is 2.46. The van der Waals surface area contributed by atoms with Crippen LogP contribution in [0, 0.1) is 0 Å². The van der Waals surface area contributed by atoms with E-state index in [-0.39, 0.29) is 35.6 Å². The van der Waals surface area contributed by atoms with Gasteiger partial charge in [0.2, 0.25) is 5.91 Å². The second kappa shape index (κ2) is 6.20. The molecule has 3 rings (SSSR count). The van der Waals surface area contributed by atoms with Crippen LogP contribution in [0.4, 0.5) is 5.69 Å². The van der Waals surface area contributed by atoms with Crippen LogP contribution in [0.15, 0.2) is 18.2 Å². The van der Waals surface area contributed by atoms with Gasteiger partial charge >= 0.3 is 0 Å². The second-order valence-corrected chi connectivity index (χ2v) is 5.10. The van der Waals surface area contributed by atoms with Crippen LogP contribution in [0.25, 0.3) is 0 Å². The molecule has 0 aromatic heterocycles. The van der Waals surface area contributed by atoms with E-state index < -0.39 is 23.8 Å². The number of likely N-dealkylation sites (N-methyl/N-ethyl adjacent to an activating group) is 1. The molecule has 2 N–H and O–H groups in total. The number of likely N-dealkylation sites (tertiary alicyclic amines) is 1. The first kappa shape index (κ1) is 16.7. The predicted octanol–water partition coefficient (Wildman–Crippen LogP) is 1.04. The average Bonchev–Trinajstić information content (AvgIpc) is 2.80. The van der Waals surface area contributed by atoms with E-state index in [1.807, 2.05) is 13.8 Å². The van der Waals surface area contributed by atoms with Crippen molar-refractivity contribution in [3.8, 4) is 0 Å². The maximum Gasteiger partial charge on any atom is 0.264 e. The van der Waals surface area contributed by atoms with Crippen LogP contribution in [0.2, 0.25) is 0 Å². The molecule has 1 atom stereocenters. The van der Waals surface area contributed by atoms with Crippen molar-refractivity contribution in [2.45, 2.75) is 32.7 Å². The van der Waals surface area contributed by atoms with E-state index in [0.717, 1.165) is 9.80 Å². The standard InChI is InChI=1S/C14H13N3O4.C2H6/c1-16-10(18)6-5-9(13(16)20)17-12(19)7-3-2-4-8(15)11(7)14(17)21;1-2/h2-4,9H,5-6,15H2,1H3;1-2H3. The fourth-order valence-electron chi connectivity index (χ4n) is 2.75. The number of fused-ring (bicyclic) bond motifs is 1. The molecule has 1 aromatic carbocycles. The number of rotatable bonds is 1. The number of nitrogens with zero attached hydrogens (tertiary/aromatic N) is 2. The molecular weight excluding hydrogens is 298 g/mol. The minimum absolute atomic E-state index is 0.121. The molecule has 2 heterocycles. The highest BCUT2D eigenvalue weighted by molar-refractivity contribution is 6.25. The van der Waals surface area contributed by atoms with Gasteiger partial charge in [-0.3, -0.25) is 29.0 Å². The van der Waals surface area contributed by atoms with Crippen LogP contribution in [-0.2, 0) is 9.59 Å². The summed E-state index contributed by atoms with van der Waals surface area (Å²) in [4.78, 5) is 50.4. The topological polar surface area (TPSA) is 101 Å². The number of imide groups is 2. The van der Waals surface area contributed by atoms with Crippen molar-refractivity contribution in [3.05, 3.63) is 29.3 Å². The van der Waals surface area contributed by atoms with Crippen LogP contribution in [0.5, 0.6) is 0 Å². The molecule has 2 aliphatic rings. The lowest BCUT2D eigenvalue weighted by Gasteiger charge is -2.32.